The lowest BCUT2D eigenvalue weighted by molar-refractivity contribution is 0.0673. The summed E-state index contributed by atoms with van der Waals surface area (Å²) in [6.07, 6.45) is 3.22. The fraction of sp³-hybridized carbons (Fsp3) is 0.500. The first-order valence-corrected chi connectivity index (χ1v) is 7.47. The van der Waals surface area contributed by atoms with Crippen molar-refractivity contribution >= 4 is 11.8 Å². The highest BCUT2D eigenvalue weighted by molar-refractivity contribution is 5.97. The molecule has 3 rings (SSSR count). The van der Waals surface area contributed by atoms with Crippen molar-refractivity contribution in [1.29, 1.82) is 0 Å². The number of carbonyl (C=O) groups excluding carboxylic acids is 2. The standard InChI is InChI=1S/C16H21N3O2/c1-18-9-8-13-6-7-14(10-18)19(13)16(21)12-4-2-11(3-5-12)15(17)20/h2-5,13-14H,6-10H2,1H3,(H2,17,20)/t13?,14-/m1/s1. The second-order valence-electron chi connectivity index (χ2n) is 6.09. The van der Waals surface area contributed by atoms with E-state index < -0.39 is 5.91 Å². The third-order valence-electron chi connectivity index (χ3n) is 4.64. The highest BCUT2D eigenvalue weighted by Gasteiger charge is 2.39. The zero-order chi connectivity index (χ0) is 15.0. The maximum Gasteiger partial charge on any atom is 0.254 e. The second-order valence-corrected chi connectivity index (χ2v) is 6.09. The summed E-state index contributed by atoms with van der Waals surface area (Å²) in [5.74, 6) is -0.390. The van der Waals surface area contributed by atoms with Gasteiger partial charge in [-0.15, -0.1) is 0 Å². The largest absolute Gasteiger partial charge is 0.366 e. The Hall–Kier alpha value is -1.88. The molecule has 2 fully saturated rings. The number of likely N-dealkylation sites (tertiary alicyclic amines) is 1. The molecule has 5 heteroatoms. The quantitative estimate of drug-likeness (QED) is 0.885. The molecule has 0 spiro atoms. The van der Waals surface area contributed by atoms with Crippen LogP contribution in [0.25, 0.3) is 0 Å². The first-order valence-electron chi connectivity index (χ1n) is 7.47. The van der Waals surface area contributed by atoms with Gasteiger partial charge in [-0.2, -0.15) is 0 Å². The van der Waals surface area contributed by atoms with Gasteiger partial charge in [-0.3, -0.25) is 9.59 Å². The van der Waals surface area contributed by atoms with Crippen molar-refractivity contribution in [2.45, 2.75) is 31.3 Å². The zero-order valence-corrected chi connectivity index (χ0v) is 12.3. The van der Waals surface area contributed by atoms with Gasteiger partial charge in [0.25, 0.3) is 5.91 Å². The third kappa shape index (κ3) is 2.65. The van der Waals surface area contributed by atoms with Gasteiger partial charge in [-0.05, 0) is 57.1 Å². The number of likely N-dealkylation sites (N-methyl/N-ethyl adjacent to an activating group) is 1. The van der Waals surface area contributed by atoms with Gasteiger partial charge in [-0.1, -0.05) is 0 Å². The Balaban J connectivity index is 1.82. The molecule has 2 heterocycles. The molecule has 1 aromatic carbocycles. The van der Waals surface area contributed by atoms with E-state index in [2.05, 4.69) is 16.8 Å². The maximum atomic E-state index is 12.8. The van der Waals surface area contributed by atoms with E-state index in [1.807, 2.05) is 0 Å². The molecule has 21 heavy (non-hydrogen) atoms. The number of primary amides is 1. The van der Waals surface area contributed by atoms with E-state index in [1.54, 1.807) is 24.3 Å². The van der Waals surface area contributed by atoms with E-state index in [4.69, 9.17) is 5.73 Å². The molecule has 0 aromatic heterocycles. The van der Waals surface area contributed by atoms with Gasteiger partial charge < -0.3 is 15.5 Å². The van der Waals surface area contributed by atoms with Gasteiger partial charge >= 0.3 is 0 Å². The van der Waals surface area contributed by atoms with Crippen LogP contribution in [0.2, 0.25) is 0 Å². The second kappa shape index (κ2) is 5.48. The summed E-state index contributed by atoms with van der Waals surface area (Å²) in [6.45, 7) is 1.99. The molecule has 2 aliphatic rings. The van der Waals surface area contributed by atoms with Crippen molar-refractivity contribution in [3.63, 3.8) is 0 Å². The molecule has 0 aliphatic carbocycles. The maximum absolute atomic E-state index is 12.8. The Kier molecular flexibility index (Phi) is 3.68. The Morgan fingerprint density at radius 2 is 1.67 bits per heavy atom. The van der Waals surface area contributed by atoms with Crippen LogP contribution in [0, 0.1) is 0 Å². The average Bonchev–Trinajstić information content (AvgIpc) is 2.78. The minimum absolute atomic E-state index is 0.0776. The SMILES string of the molecule is CN1CCC2CC[C@H](C1)N2C(=O)c1ccc(C(N)=O)cc1. The molecule has 2 bridgehead atoms. The van der Waals surface area contributed by atoms with Crippen LogP contribution in [0.5, 0.6) is 0 Å². The summed E-state index contributed by atoms with van der Waals surface area (Å²) in [7, 11) is 2.12. The lowest BCUT2D eigenvalue weighted by atomic mass is 10.1. The van der Waals surface area contributed by atoms with Gasteiger partial charge in [0, 0.05) is 29.8 Å². The number of hydrogen-bond acceptors (Lipinski definition) is 3. The first kappa shape index (κ1) is 14.1. The number of benzene rings is 1. The van der Waals surface area contributed by atoms with Gasteiger partial charge in [0.1, 0.15) is 0 Å². The molecule has 2 N–H and O–H groups in total. The van der Waals surface area contributed by atoms with E-state index in [0.29, 0.717) is 23.2 Å². The van der Waals surface area contributed by atoms with Crippen molar-refractivity contribution < 1.29 is 9.59 Å². The minimum Gasteiger partial charge on any atom is -0.366 e. The van der Waals surface area contributed by atoms with Crippen molar-refractivity contribution in [2.75, 3.05) is 20.1 Å². The summed E-state index contributed by atoms with van der Waals surface area (Å²) in [6, 6.07) is 7.32. The average molecular weight is 287 g/mol. The normalized spacial score (nSPS) is 25.7. The van der Waals surface area contributed by atoms with Crippen LogP contribution in [0.4, 0.5) is 0 Å². The van der Waals surface area contributed by atoms with Crippen molar-refractivity contribution in [3.8, 4) is 0 Å². The van der Waals surface area contributed by atoms with E-state index in [1.165, 1.54) is 0 Å². The zero-order valence-electron chi connectivity index (χ0n) is 12.3. The molecule has 0 radical (unpaired) electrons. The lowest BCUT2D eigenvalue weighted by Gasteiger charge is -2.28. The Labute approximate surface area is 124 Å². The van der Waals surface area contributed by atoms with Crippen molar-refractivity contribution in [2.24, 2.45) is 5.73 Å². The fourth-order valence-electron chi connectivity index (χ4n) is 3.50. The van der Waals surface area contributed by atoms with Gasteiger partial charge in [-0.25, -0.2) is 0 Å². The Morgan fingerprint density at radius 3 is 2.33 bits per heavy atom. The molecule has 1 unspecified atom stereocenters. The Morgan fingerprint density at radius 1 is 1.05 bits per heavy atom. The van der Waals surface area contributed by atoms with Crippen LogP contribution >= 0.6 is 0 Å². The van der Waals surface area contributed by atoms with Crippen LogP contribution in [0.3, 0.4) is 0 Å². The van der Waals surface area contributed by atoms with E-state index in [-0.39, 0.29) is 5.91 Å². The number of carbonyl (C=O) groups is 2. The highest BCUT2D eigenvalue weighted by atomic mass is 16.2. The van der Waals surface area contributed by atoms with Crippen LogP contribution in [-0.2, 0) is 0 Å². The minimum atomic E-state index is -0.467. The first-order chi connectivity index (χ1) is 10.1. The van der Waals surface area contributed by atoms with Crippen molar-refractivity contribution in [3.05, 3.63) is 35.4 Å². The van der Waals surface area contributed by atoms with Crippen LogP contribution in [-0.4, -0.2) is 53.8 Å². The molecule has 5 nitrogen and oxygen atoms in total. The number of nitrogens with zero attached hydrogens (tertiary/aromatic N) is 2. The molecule has 1 aromatic rings. The summed E-state index contributed by atoms with van der Waals surface area (Å²) in [5, 5.41) is 0. The van der Waals surface area contributed by atoms with Crippen LogP contribution in [0.1, 0.15) is 40.0 Å². The van der Waals surface area contributed by atoms with Crippen molar-refractivity contribution in [1.82, 2.24) is 9.80 Å². The fourth-order valence-corrected chi connectivity index (χ4v) is 3.50. The van der Waals surface area contributed by atoms with Gasteiger partial charge in [0.15, 0.2) is 0 Å². The molecule has 2 amide bonds. The molecule has 2 aliphatic heterocycles. The Bertz CT molecular complexity index is 555. The summed E-state index contributed by atoms with van der Waals surface area (Å²) >= 11 is 0. The van der Waals surface area contributed by atoms with Gasteiger partial charge in [0.2, 0.25) is 5.91 Å². The molecule has 112 valence electrons. The molecule has 2 atom stereocenters. The summed E-state index contributed by atoms with van der Waals surface area (Å²) in [4.78, 5) is 28.3. The highest BCUT2D eigenvalue weighted by Crippen LogP contribution is 2.31. The van der Waals surface area contributed by atoms with E-state index in [0.717, 1.165) is 32.4 Å². The molecular weight excluding hydrogens is 266 g/mol. The van der Waals surface area contributed by atoms with E-state index in [9.17, 15) is 9.59 Å². The molecule has 0 saturated carbocycles. The number of hydrogen-bond donors (Lipinski definition) is 1. The predicted molar refractivity (Wildman–Crippen MR) is 80.1 cm³/mol. The summed E-state index contributed by atoms with van der Waals surface area (Å²) < 4.78 is 0. The number of nitrogens with two attached hydrogens (primary N) is 1. The smallest absolute Gasteiger partial charge is 0.254 e. The summed E-state index contributed by atoms with van der Waals surface area (Å²) in [5.41, 5.74) is 6.31. The number of rotatable bonds is 2. The molecular formula is C16H21N3O2. The number of fused-ring (bicyclic) bond motifs is 2. The lowest BCUT2D eigenvalue weighted by Crippen LogP contribution is -2.42. The third-order valence-corrected chi connectivity index (χ3v) is 4.64. The predicted octanol–water partition coefficient (Wildman–Crippen LogP) is 1.09. The molecule has 2 saturated heterocycles. The number of amides is 2. The monoisotopic (exact) mass is 287 g/mol. The topological polar surface area (TPSA) is 66.6 Å². The van der Waals surface area contributed by atoms with E-state index >= 15 is 0 Å². The van der Waals surface area contributed by atoms with Gasteiger partial charge in [0.05, 0.1) is 0 Å². The van der Waals surface area contributed by atoms with Crippen LogP contribution < -0.4 is 5.73 Å². The van der Waals surface area contributed by atoms with Crippen LogP contribution in [0.15, 0.2) is 24.3 Å².